The molecule has 0 spiro atoms. The smallest absolute Gasteiger partial charge is 0.257 e. The van der Waals surface area contributed by atoms with Gasteiger partial charge in [0.25, 0.3) is 5.91 Å². The fourth-order valence-corrected chi connectivity index (χ4v) is 2.39. The molecule has 2 rings (SSSR count). The molecular weight excluding hydrogens is 266 g/mol. The van der Waals surface area contributed by atoms with Gasteiger partial charge in [-0.3, -0.25) is 4.79 Å². The molecule has 0 unspecified atom stereocenters. The van der Waals surface area contributed by atoms with Gasteiger partial charge in [0, 0.05) is 25.6 Å². The first-order chi connectivity index (χ1) is 9.11. The average Bonchev–Trinajstić information content (AvgIpc) is 2.84. The molecule has 1 atom stereocenters. The number of hydrogen-bond acceptors (Lipinski definition) is 4. The van der Waals surface area contributed by atoms with Crippen LogP contribution in [-0.2, 0) is 4.74 Å². The van der Waals surface area contributed by atoms with Crippen LogP contribution >= 0.6 is 11.6 Å². The third kappa shape index (κ3) is 3.36. The lowest BCUT2D eigenvalue weighted by molar-refractivity contribution is 0.0763. The maximum Gasteiger partial charge on any atom is 0.257 e. The van der Waals surface area contributed by atoms with Crippen LogP contribution in [-0.4, -0.2) is 42.1 Å². The Labute approximate surface area is 117 Å². The number of nitrogens with two attached hydrogens (primary N) is 1. The minimum atomic E-state index is -0.0827. The van der Waals surface area contributed by atoms with Crippen LogP contribution in [0.4, 0.5) is 5.82 Å². The van der Waals surface area contributed by atoms with E-state index < -0.39 is 0 Å². The second kappa shape index (κ2) is 6.21. The number of carbonyl (C=O) groups excluding carboxylic acids is 1. The number of hydrogen-bond donors (Lipinski definition) is 1. The van der Waals surface area contributed by atoms with Gasteiger partial charge in [0.15, 0.2) is 0 Å². The van der Waals surface area contributed by atoms with Crippen molar-refractivity contribution in [2.75, 3.05) is 32.0 Å². The third-order valence-electron chi connectivity index (χ3n) is 3.25. The van der Waals surface area contributed by atoms with Gasteiger partial charge in [0.2, 0.25) is 0 Å². The van der Waals surface area contributed by atoms with E-state index in [4.69, 9.17) is 22.1 Å². The molecule has 2 heterocycles. The Morgan fingerprint density at radius 3 is 3.11 bits per heavy atom. The molecule has 6 heteroatoms. The first-order valence-electron chi connectivity index (χ1n) is 6.40. The number of carbonyl (C=O) groups is 1. The molecule has 0 aromatic carbocycles. The first-order valence-corrected chi connectivity index (χ1v) is 6.78. The normalized spacial score (nSPS) is 18.8. The minimum absolute atomic E-state index is 0.0827. The Kier molecular flexibility index (Phi) is 4.61. The van der Waals surface area contributed by atoms with Crippen LogP contribution in [0.25, 0.3) is 0 Å². The Balaban J connectivity index is 2.01. The highest BCUT2D eigenvalue weighted by Crippen LogP contribution is 2.21. The van der Waals surface area contributed by atoms with Crippen molar-refractivity contribution in [1.29, 1.82) is 0 Å². The fraction of sp³-hybridized carbons (Fsp3) is 0.538. The van der Waals surface area contributed by atoms with E-state index in [0.717, 1.165) is 13.0 Å². The van der Waals surface area contributed by atoms with Gasteiger partial charge >= 0.3 is 0 Å². The van der Waals surface area contributed by atoms with E-state index in [1.54, 1.807) is 17.0 Å². The molecule has 1 amide bonds. The van der Waals surface area contributed by atoms with Gasteiger partial charge in [-0.2, -0.15) is 0 Å². The number of anilines is 1. The van der Waals surface area contributed by atoms with Crippen molar-refractivity contribution in [2.45, 2.75) is 13.3 Å². The van der Waals surface area contributed by atoms with Gasteiger partial charge in [-0.1, -0.05) is 11.6 Å². The van der Waals surface area contributed by atoms with Crippen LogP contribution in [0.15, 0.2) is 12.1 Å². The third-order valence-corrected chi connectivity index (χ3v) is 3.46. The van der Waals surface area contributed by atoms with Crippen molar-refractivity contribution in [3.63, 3.8) is 0 Å². The lowest BCUT2D eigenvalue weighted by atomic mass is 10.1. The topological polar surface area (TPSA) is 68.5 Å². The number of pyridine rings is 1. The quantitative estimate of drug-likeness (QED) is 0.856. The molecule has 1 aliphatic heterocycles. The zero-order valence-electron chi connectivity index (χ0n) is 10.9. The molecule has 1 aliphatic rings. The second-order valence-electron chi connectivity index (χ2n) is 4.63. The molecule has 5 nitrogen and oxygen atoms in total. The zero-order chi connectivity index (χ0) is 13.8. The van der Waals surface area contributed by atoms with Gasteiger partial charge in [-0.05, 0) is 25.5 Å². The highest BCUT2D eigenvalue weighted by molar-refractivity contribution is 6.29. The highest BCUT2D eigenvalue weighted by atomic mass is 35.5. The number of ether oxygens (including phenoxy) is 1. The summed E-state index contributed by atoms with van der Waals surface area (Å²) < 4.78 is 5.40. The molecule has 2 N–H and O–H groups in total. The summed E-state index contributed by atoms with van der Waals surface area (Å²) in [5, 5.41) is 0.296. The van der Waals surface area contributed by atoms with Crippen LogP contribution in [0.5, 0.6) is 0 Å². The number of halogens is 1. The summed E-state index contributed by atoms with van der Waals surface area (Å²) in [5.74, 6) is 0.511. The number of nitrogens with zero attached hydrogens (tertiary/aromatic N) is 2. The molecule has 1 aromatic rings. The van der Waals surface area contributed by atoms with Crippen molar-refractivity contribution >= 4 is 23.3 Å². The Morgan fingerprint density at radius 1 is 1.63 bits per heavy atom. The predicted octanol–water partition coefficient (Wildman–Crippen LogP) is 1.82. The molecular formula is C13H18ClN3O2. The van der Waals surface area contributed by atoms with E-state index in [1.165, 1.54) is 0 Å². The van der Waals surface area contributed by atoms with Crippen LogP contribution < -0.4 is 5.73 Å². The molecule has 1 aromatic heterocycles. The van der Waals surface area contributed by atoms with Crippen molar-refractivity contribution in [1.82, 2.24) is 9.88 Å². The van der Waals surface area contributed by atoms with Gasteiger partial charge in [-0.25, -0.2) is 4.98 Å². The van der Waals surface area contributed by atoms with Crippen LogP contribution in [0.1, 0.15) is 23.7 Å². The summed E-state index contributed by atoms with van der Waals surface area (Å²) >= 11 is 5.73. The monoisotopic (exact) mass is 283 g/mol. The SMILES string of the molecule is CCOC[C@@H]1CCN(C(=O)c2ccc(Cl)nc2N)C1. The molecule has 1 fully saturated rings. The van der Waals surface area contributed by atoms with E-state index in [2.05, 4.69) is 4.98 Å². The maximum atomic E-state index is 12.3. The predicted molar refractivity (Wildman–Crippen MR) is 74.2 cm³/mol. The zero-order valence-corrected chi connectivity index (χ0v) is 11.7. The summed E-state index contributed by atoms with van der Waals surface area (Å²) in [7, 11) is 0. The van der Waals surface area contributed by atoms with Gasteiger partial charge in [0.05, 0.1) is 12.2 Å². The Morgan fingerprint density at radius 2 is 2.42 bits per heavy atom. The summed E-state index contributed by atoms with van der Waals surface area (Å²) in [6.45, 7) is 4.82. The fourth-order valence-electron chi connectivity index (χ4n) is 2.24. The Bertz CT molecular complexity index is 467. The summed E-state index contributed by atoms with van der Waals surface area (Å²) in [5.41, 5.74) is 6.16. The van der Waals surface area contributed by atoms with Crippen molar-refractivity contribution < 1.29 is 9.53 Å². The number of likely N-dealkylation sites (tertiary alicyclic amines) is 1. The van der Waals surface area contributed by atoms with E-state index in [-0.39, 0.29) is 11.7 Å². The molecule has 1 saturated heterocycles. The first kappa shape index (κ1) is 14.1. The second-order valence-corrected chi connectivity index (χ2v) is 5.02. The molecule has 19 heavy (non-hydrogen) atoms. The maximum absolute atomic E-state index is 12.3. The summed E-state index contributed by atoms with van der Waals surface area (Å²) in [4.78, 5) is 18.0. The van der Waals surface area contributed by atoms with E-state index in [0.29, 0.717) is 36.4 Å². The van der Waals surface area contributed by atoms with Crippen molar-refractivity contribution in [2.24, 2.45) is 5.92 Å². The Hall–Kier alpha value is -1.33. The lowest BCUT2D eigenvalue weighted by Gasteiger charge is -2.17. The van der Waals surface area contributed by atoms with Gasteiger partial charge in [-0.15, -0.1) is 0 Å². The van der Waals surface area contributed by atoms with E-state index in [1.807, 2.05) is 6.92 Å². The molecule has 0 saturated carbocycles. The molecule has 104 valence electrons. The molecule has 0 aliphatic carbocycles. The summed E-state index contributed by atoms with van der Waals surface area (Å²) in [6, 6.07) is 3.21. The highest BCUT2D eigenvalue weighted by Gasteiger charge is 2.28. The standard InChI is InChI=1S/C13H18ClN3O2/c1-2-19-8-9-5-6-17(7-9)13(18)10-3-4-11(14)16-12(10)15/h3-4,9H,2,5-8H2,1H3,(H2,15,16)/t9-/m1/s1. The largest absolute Gasteiger partial charge is 0.383 e. The van der Waals surface area contributed by atoms with E-state index in [9.17, 15) is 4.79 Å². The van der Waals surface area contributed by atoms with Gasteiger partial charge in [0.1, 0.15) is 11.0 Å². The van der Waals surface area contributed by atoms with Gasteiger partial charge < -0.3 is 15.4 Å². The average molecular weight is 284 g/mol. The number of nitrogen functional groups attached to an aromatic ring is 1. The van der Waals surface area contributed by atoms with E-state index >= 15 is 0 Å². The van der Waals surface area contributed by atoms with Crippen molar-refractivity contribution in [3.8, 4) is 0 Å². The number of amides is 1. The number of aromatic nitrogens is 1. The molecule has 0 radical (unpaired) electrons. The molecule has 0 bridgehead atoms. The lowest BCUT2D eigenvalue weighted by Crippen LogP contribution is -2.30. The number of rotatable bonds is 4. The van der Waals surface area contributed by atoms with Crippen molar-refractivity contribution in [3.05, 3.63) is 22.8 Å². The summed E-state index contributed by atoms with van der Waals surface area (Å²) in [6.07, 6.45) is 0.965. The van der Waals surface area contributed by atoms with Crippen LogP contribution in [0.3, 0.4) is 0 Å². The van der Waals surface area contributed by atoms with Crippen LogP contribution in [0.2, 0.25) is 5.15 Å². The van der Waals surface area contributed by atoms with Crippen LogP contribution in [0, 0.1) is 5.92 Å². The minimum Gasteiger partial charge on any atom is -0.383 e.